The van der Waals surface area contributed by atoms with Gasteiger partial charge < -0.3 is 83.1 Å². The maximum atomic E-state index is 13.7. The molecule has 24 aliphatic rings. The monoisotopic (exact) mass is 2060 g/mol. The second-order valence-electron chi connectivity index (χ2n) is 47.8. The fourth-order valence-corrected chi connectivity index (χ4v) is 29.8. The van der Waals surface area contributed by atoms with E-state index in [2.05, 4.69) is 15.1 Å². The number of aliphatic hydroxyl groups is 1. The van der Waals surface area contributed by atoms with Crippen LogP contribution in [-0.2, 0) is 81.1 Å². The number of amides is 3. The van der Waals surface area contributed by atoms with Crippen LogP contribution in [0.4, 0.5) is 39.5 Å². The number of fused-ring (bicyclic) bond motifs is 15. The van der Waals surface area contributed by atoms with E-state index >= 15 is 0 Å². The van der Waals surface area contributed by atoms with Gasteiger partial charge in [-0.15, -0.1) is 0 Å². The second-order valence-corrected chi connectivity index (χ2v) is 47.8. The standard InChI is InChI=1S/C30H39F3N2O4.C29H37F3N2O4.C19H23F3N2O2.C11H16O4.C11H18O3.C11H16O3/c1-38-26(37)28-10-7-27(8-11-28,9-12-28)20-34-15-13-29(14-16-34)18-22(19-39-29)35(25(36)30(31,32)33)24-17-23(24)21-5-3-2-4-6-21;30-29(31,32)24(35)34(23-16-22(23)20-4-2-1-3-5-20)21-17-28(38-18-21)12-14-33(15-13-28)19-26-6-9-27(10-7-26,11-8-26)25(36)37;20-19(21,22)17(25)24(16-10-15(16)13-4-2-1-3-5-13)14-11-18(26-12-14)6-8-23-9-7-18;1-15-9(14)11-5-2-10(3-6-11,4-7-11)8(12)13;2*1-14-9(13)11-5-2-10(8-12,3-6-11)4-7-11/h2-6,22-24H,7-20H2,1H3;1-5,21-23H,6-19H2,(H,36,37);1-5,14-16,23H,6-12H2;2-7H2,1H3,(H,12,13);12H,2-8H2,1H3;8H,2-7H2,1H3/t22?,23-,24+,27?,28?;21?,22-,23+,26?,27?;14?,15-,16+;;;/m000.../s1. The molecule has 24 fully saturated rings. The summed E-state index contributed by atoms with van der Waals surface area (Å²) in [7, 11) is 5.81. The average Bonchev–Trinajstić information content (AvgIpc) is 1.55. The quantitative estimate of drug-likeness (QED) is 0.0333. The Hall–Kier alpha value is -8.35. The molecule has 806 valence electrons. The number of alkyl halides is 9. The number of hydrogen-bond donors (Lipinski definition) is 4. The highest BCUT2D eigenvalue weighted by Crippen LogP contribution is 2.64. The number of halogens is 9. The molecular weight excluding hydrogens is 1910 g/mol. The minimum Gasteiger partial charge on any atom is -0.481 e. The Labute approximate surface area is 849 Å². The Morgan fingerprint density at radius 1 is 0.356 bits per heavy atom. The van der Waals surface area contributed by atoms with Crippen LogP contribution >= 0.6 is 0 Å². The zero-order valence-electron chi connectivity index (χ0n) is 85.0. The van der Waals surface area contributed by atoms with Crippen molar-refractivity contribution in [1.82, 2.24) is 29.8 Å². The third kappa shape index (κ3) is 22.4. The number of carbonyl (C=O) groups excluding carboxylic acids is 8. The first-order valence-electron chi connectivity index (χ1n) is 53.7. The number of hydrogen-bond acceptors (Lipinski definition) is 21. The van der Waals surface area contributed by atoms with E-state index < -0.39 is 106 Å². The summed E-state index contributed by atoms with van der Waals surface area (Å²) >= 11 is 0. The fourth-order valence-electron chi connectivity index (χ4n) is 29.8. The van der Waals surface area contributed by atoms with Crippen molar-refractivity contribution in [2.45, 2.75) is 359 Å². The van der Waals surface area contributed by atoms with Gasteiger partial charge in [0.1, 0.15) is 6.29 Å². The number of aliphatic hydroxyl groups excluding tert-OH is 1. The van der Waals surface area contributed by atoms with Crippen LogP contribution in [0.1, 0.15) is 304 Å². The summed E-state index contributed by atoms with van der Waals surface area (Å²) < 4.78 is 160. The number of nitrogens with one attached hydrogen (secondary N) is 1. The number of aliphatic carboxylic acids is 2. The lowest BCUT2D eigenvalue weighted by atomic mass is 9.53. The van der Waals surface area contributed by atoms with Gasteiger partial charge in [0.2, 0.25) is 0 Å². The van der Waals surface area contributed by atoms with Crippen LogP contribution in [0, 0.1) is 54.1 Å². The van der Waals surface area contributed by atoms with Gasteiger partial charge in [0.15, 0.2) is 0 Å². The lowest BCUT2D eigenvalue weighted by molar-refractivity contribution is -0.188. The molecule has 18 aliphatic carbocycles. The molecule has 9 atom stereocenters. The molecule has 4 N–H and O–H groups in total. The second kappa shape index (κ2) is 42.4. The normalized spacial score (nSPS) is 36.2. The lowest BCUT2D eigenvalue weighted by Crippen LogP contribution is -2.53. The summed E-state index contributed by atoms with van der Waals surface area (Å²) in [5.41, 5.74) is -0.0529. The van der Waals surface area contributed by atoms with E-state index in [-0.39, 0.29) is 117 Å². The number of carboxylic acids is 2. The predicted molar refractivity (Wildman–Crippen MR) is 516 cm³/mol. The Morgan fingerprint density at radius 2 is 0.596 bits per heavy atom. The van der Waals surface area contributed by atoms with Crippen LogP contribution in [0.5, 0.6) is 0 Å². The number of aldehydes is 1. The van der Waals surface area contributed by atoms with Crippen molar-refractivity contribution < 1.29 is 136 Å². The number of likely N-dealkylation sites (tertiary alicyclic amines) is 2. The van der Waals surface area contributed by atoms with E-state index in [0.717, 1.165) is 283 Å². The van der Waals surface area contributed by atoms with Crippen molar-refractivity contribution in [2.24, 2.45) is 54.1 Å². The zero-order chi connectivity index (χ0) is 104. The molecule has 27 rings (SSSR count). The predicted octanol–water partition coefficient (Wildman–Crippen LogP) is 17.7. The van der Waals surface area contributed by atoms with E-state index in [1.165, 1.54) is 28.4 Å². The number of nitrogens with zero attached hydrogens (tertiary/aromatic N) is 5. The van der Waals surface area contributed by atoms with Crippen molar-refractivity contribution in [3.8, 4) is 0 Å². The zero-order valence-corrected chi connectivity index (χ0v) is 85.0. The Morgan fingerprint density at radius 3 is 0.842 bits per heavy atom. The van der Waals surface area contributed by atoms with E-state index in [1.807, 2.05) is 91.0 Å². The topological polar surface area (TPSA) is 324 Å². The number of benzene rings is 3. The van der Waals surface area contributed by atoms with Crippen molar-refractivity contribution in [3.05, 3.63) is 108 Å². The van der Waals surface area contributed by atoms with Crippen molar-refractivity contribution >= 4 is 59.8 Å². The Bertz CT molecular complexity index is 5040. The van der Waals surface area contributed by atoms with Crippen molar-refractivity contribution in [1.29, 1.82) is 0 Å². The van der Waals surface area contributed by atoms with Gasteiger partial charge >= 0.3 is 72.1 Å². The van der Waals surface area contributed by atoms with Gasteiger partial charge in [-0.3, -0.25) is 43.2 Å². The smallest absolute Gasteiger partial charge is 0.471 e. The minimum atomic E-state index is -4.90. The number of esters is 4. The minimum absolute atomic E-state index is 0.0212. The first-order chi connectivity index (χ1) is 69.4. The summed E-state index contributed by atoms with van der Waals surface area (Å²) in [5, 5.41) is 31.4. The number of methoxy groups -OCH3 is 4. The molecule has 6 heterocycles. The molecule has 3 spiro atoms. The Kier molecular flexibility index (Phi) is 31.6. The molecular formula is C111H149F9N6O20. The third-order valence-corrected chi connectivity index (χ3v) is 40.1. The number of carboxylic acid groups (broad SMARTS) is 2. The molecule has 26 nitrogen and oxygen atoms in total. The molecule has 3 amide bonds. The first kappa shape index (κ1) is 109. The number of rotatable bonds is 21. The van der Waals surface area contributed by atoms with Gasteiger partial charge in [-0.25, -0.2) is 0 Å². The van der Waals surface area contributed by atoms with E-state index in [9.17, 15) is 103 Å². The van der Waals surface area contributed by atoms with Crippen molar-refractivity contribution in [2.75, 3.05) is 107 Å². The molecule has 10 bridgehead atoms. The summed E-state index contributed by atoms with van der Waals surface area (Å²) in [6, 6.07) is 25.6. The van der Waals surface area contributed by atoms with Gasteiger partial charge in [0.05, 0.1) is 116 Å². The maximum absolute atomic E-state index is 13.7. The first-order valence-corrected chi connectivity index (χ1v) is 53.7. The molecule has 6 saturated heterocycles. The van der Waals surface area contributed by atoms with Gasteiger partial charge in [-0.1, -0.05) is 91.0 Å². The molecule has 146 heavy (non-hydrogen) atoms. The maximum Gasteiger partial charge on any atom is 0.471 e. The van der Waals surface area contributed by atoms with E-state index in [1.54, 1.807) is 0 Å². The number of ether oxygens (including phenoxy) is 7. The molecule has 3 aromatic carbocycles. The largest absolute Gasteiger partial charge is 0.481 e. The molecule has 3 aromatic rings. The highest BCUT2D eigenvalue weighted by molar-refractivity contribution is 5.86. The van der Waals surface area contributed by atoms with E-state index in [0.29, 0.717) is 77.0 Å². The van der Waals surface area contributed by atoms with Crippen LogP contribution in [-0.4, -0.2) is 278 Å². The van der Waals surface area contributed by atoms with E-state index in [4.69, 9.17) is 33.2 Å². The van der Waals surface area contributed by atoms with Crippen LogP contribution in [0.2, 0.25) is 0 Å². The molecule has 35 heteroatoms. The summed E-state index contributed by atoms with van der Waals surface area (Å²) in [6.07, 6.45) is 19.8. The molecule has 0 radical (unpaired) electrons. The van der Waals surface area contributed by atoms with Crippen LogP contribution in [0.15, 0.2) is 91.0 Å². The Balaban J connectivity index is 0.000000126. The number of piperidine rings is 3. The molecule has 3 unspecified atom stereocenters. The van der Waals surface area contributed by atoms with Crippen LogP contribution in [0.3, 0.4) is 0 Å². The highest BCUT2D eigenvalue weighted by Gasteiger charge is 2.65. The van der Waals surface area contributed by atoms with Crippen LogP contribution < -0.4 is 5.32 Å². The summed E-state index contributed by atoms with van der Waals surface area (Å²) in [5.74, 6) is -6.98. The molecule has 0 aromatic heterocycles. The summed E-state index contributed by atoms with van der Waals surface area (Å²) in [6.45, 7) is 7.70. The van der Waals surface area contributed by atoms with Gasteiger partial charge in [0.25, 0.3) is 0 Å². The SMILES string of the molecule is COC(=O)C12CCC(C(=O)O)(CC1)CC2.COC(=O)C12CCC(C=O)(CC1)CC2.COC(=O)C12CCC(CN3CCC4(CC3)CC(N(C(=O)C(F)(F)F)[C@@H]3C[C@H]3c3ccccc3)CO4)(CC1)CC2.COC(=O)C12CCC(CO)(CC1)CC2.O=C(N(C1COC2(CCN(CC34CCC(C(=O)O)(CC3)CC4)CC2)C1)[C@@H]1C[C@H]1c1ccccc1)C(F)(F)F.O=C(N(C1COC2(CCNCC2)C1)[C@@H]1C[C@H]1c1ccccc1)C(F)(F)F. The molecule has 18 saturated carbocycles. The average molecular weight is 2060 g/mol. The summed E-state index contributed by atoms with van der Waals surface area (Å²) in [4.78, 5) is 127. The number of carbonyl (C=O) groups is 10. The van der Waals surface area contributed by atoms with Gasteiger partial charge in [-0.2, -0.15) is 39.5 Å². The third-order valence-electron chi connectivity index (χ3n) is 40.1. The lowest BCUT2D eigenvalue weighted by Gasteiger charge is -2.54. The molecule has 6 aliphatic heterocycles. The fraction of sp³-hybridized carbons (Fsp3) is 0.748. The van der Waals surface area contributed by atoms with Gasteiger partial charge in [-0.05, 0) is 316 Å². The van der Waals surface area contributed by atoms with Crippen molar-refractivity contribution in [3.63, 3.8) is 0 Å². The van der Waals surface area contributed by atoms with Crippen LogP contribution in [0.25, 0.3) is 0 Å². The highest BCUT2D eigenvalue weighted by atomic mass is 19.4. The van der Waals surface area contributed by atoms with Gasteiger partial charge in [0, 0.05) is 87.2 Å².